The lowest BCUT2D eigenvalue weighted by atomic mass is 10.2. The fourth-order valence-corrected chi connectivity index (χ4v) is 2.18. The first kappa shape index (κ1) is 16.2. The zero-order valence-corrected chi connectivity index (χ0v) is 11.9. The van der Waals surface area contributed by atoms with Crippen molar-refractivity contribution >= 4 is 27.3 Å². The normalized spacial score (nSPS) is 11.2. The minimum Gasteiger partial charge on any atom is -0.397 e. The highest BCUT2D eigenvalue weighted by Crippen LogP contribution is 2.22. The first-order valence-electron chi connectivity index (χ1n) is 5.80. The Morgan fingerprint density at radius 3 is 2.65 bits per heavy atom. The van der Waals surface area contributed by atoms with Crippen LogP contribution in [0.2, 0.25) is 0 Å². The minimum absolute atomic E-state index is 0.0908. The lowest BCUT2D eigenvalue weighted by Crippen LogP contribution is -2.21. The Bertz CT molecular complexity index is 574. The SMILES string of the molecule is CNS(=O)(=O)c1ccc(NCCOCC(N)=O)c(N)c1. The van der Waals surface area contributed by atoms with Gasteiger partial charge in [-0.2, -0.15) is 0 Å². The number of hydrogen-bond donors (Lipinski definition) is 4. The van der Waals surface area contributed by atoms with Crippen molar-refractivity contribution in [2.45, 2.75) is 4.90 Å². The molecule has 112 valence electrons. The molecular weight excluding hydrogens is 284 g/mol. The van der Waals surface area contributed by atoms with E-state index in [1.807, 2.05) is 0 Å². The fourth-order valence-electron chi connectivity index (χ4n) is 1.42. The summed E-state index contributed by atoms with van der Waals surface area (Å²) in [6.45, 7) is 0.547. The Balaban J connectivity index is 2.59. The van der Waals surface area contributed by atoms with Gasteiger partial charge >= 0.3 is 0 Å². The molecule has 0 spiro atoms. The van der Waals surface area contributed by atoms with E-state index in [-0.39, 0.29) is 18.1 Å². The summed E-state index contributed by atoms with van der Waals surface area (Å²) >= 11 is 0. The van der Waals surface area contributed by atoms with Crippen LogP contribution in [0, 0.1) is 0 Å². The number of ether oxygens (including phenoxy) is 1. The molecule has 0 bridgehead atoms. The van der Waals surface area contributed by atoms with Crippen molar-refractivity contribution in [1.29, 1.82) is 0 Å². The number of sulfonamides is 1. The number of primary amides is 1. The van der Waals surface area contributed by atoms with Crippen LogP contribution in [-0.4, -0.2) is 41.1 Å². The maximum absolute atomic E-state index is 11.6. The molecule has 0 unspecified atom stereocenters. The van der Waals surface area contributed by atoms with Crippen LogP contribution < -0.4 is 21.5 Å². The number of nitrogens with one attached hydrogen (secondary N) is 2. The van der Waals surface area contributed by atoms with Gasteiger partial charge in [0.25, 0.3) is 0 Å². The predicted octanol–water partition coefficient (Wildman–Crippen LogP) is -0.909. The van der Waals surface area contributed by atoms with Crippen molar-refractivity contribution in [1.82, 2.24) is 4.72 Å². The van der Waals surface area contributed by atoms with Crippen LogP contribution in [0.25, 0.3) is 0 Å². The van der Waals surface area contributed by atoms with Crippen molar-refractivity contribution in [3.63, 3.8) is 0 Å². The Kier molecular flexibility index (Phi) is 5.74. The summed E-state index contributed by atoms with van der Waals surface area (Å²) in [6.07, 6.45) is 0. The smallest absolute Gasteiger partial charge is 0.243 e. The van der Waals surface area contributed by atoms with Crippen LogP contribution in [0.4, 0.5) is 11.4 Å². The molecule has 0 aliphatic rings. The van der Waals surface area contributed by atoms with Crippen LogP contribution in [0.1, 0.15) is 0 Å². The van der Waals surface area contributed by atoms with Gasteiger partial charge < -0.3 is 21.5 Å². The summed E-state index contributed by atoms with van der Waals surface area (Å²) in [4.78, 5) is 10.5. The molecule has 0 aromatic heterocycles. The third-order valence-corrected chi connectivity index (χ3v) is 3.82. The van der Waals surface area contributed by atoms with E-state index in [0.29, 0.717) is 17.9 Å². The molecule has 0 aliphatic carbocycles. The van der Waals surface area contributed by atoms with Gasteiger partial charge in [-0.1, -0.05) is 0 Å². The van der Waals surface area contributed by atoms with E-state index in [9.17, 15) is 13.2 Å². The zero-order chi connectivity index (χ0) is 15.2. The molecule has 0 fully saturated rings. The molecule has 1 aromatic carbocycles. The van der Waals surface area contributed by atoms with E-state index in [4.69, 9.17) is 16.2 Å². The quantitative estimate of drug-likeness (QED) is 0.362. The van der Waals surface area contributed by atoms with E-state index in [1.165, 1.54) is 19.2 Å². The minimum atomic E-state index is -3.51. The van der Waals surface area contributed by atoms with E-state index in [0.717, 1.165) is 0 Å². The largest absolute Gasteiger partial charge is 0.397 e. The average Bonchev–Trinajstić information content (AvgIpc) is 2.39. The maximum atomic E-state index is 11.6. The lowest BCUT2D eigenvalue weighted by Gasteiger charge is -2.11. The number of amides is 1. The van der Waals surface area contributed by atoms with E-state index in [1.54, 1.807) is 6.07 Å². The van der Waals surface area contributed by atoms with Gasteiger partial charge in [0.1, 0.15) is 6.61 Å². The molecule has 6 N–H and O–H groups in total. The standard InChI is InChI=1S/C11H18N4O4S/c1-14-20(17,18)8-2-3-10(9(12)6-8)15-4-5-19-7-11(13)16/h2-3,6,14-15H,4-5,7,12H2,1H3,(H2,13,16). The Hall–Kier alpha value is -1.84. The third kappa shape index (κ3) is 4.68. The highest BCUT2D eigenvalue weighted by molar-refractivity contribution is 7.89. The molecule has 9 heteroatoms. The molecule has 20 heavy (non-hydrogen) atoms. The van der Waals surface area contributed by atoms with Gasteiger partial charge in [-0.05, 0) is 25.2 Å². The summed E-state index contributed by atoms with van der Waals surface area (Å²) < 4.78 is 30.3. The summed E-state index contributed by atoms with van der Waals surface area (Å²) in [7, 11) is -2.18. The summed E-state index contributed by atoms with van der Waals surface area (Å²) in [6, 6.07) is 4.36. The highest BCUT2D eigenvalue weighted by Gasteiger charge is 2.12. The van der Waals surface area contributed by atoms with Crippen molar-refractivity contribution in [2.24, 2.45) is 5.73 Å². The van der Waals surface area contributed by atoms with Gasteiger partial charge in [0, 0.05) is 6.54 Å². The lowest BCUT2D eigenvalue weighted by molar-refractivity contribution is -0.122. The van der Waals surface area contributed by atoms with Crippen LogP contribution in [-0.2, 0) is 19.6 Å². The van der Waals surface area contributed by atoms with E-state index >= 15 is 0 Å². The Morgan fingerprint density at radius 2 is 2.10 bits per heavy atom. The highest BCUT2D eigenvalue weighted by atomic mass is 32.2. The molecule has 0 heterocycles. The van der Waals surface area contributed by atoms with Crippen molar-refractivity contribution in [3.05, 3.63) is 18.2 Å². The van der Waals surface area contributed by atoms with Crippen LogP contribution >= 0.6 is 0 Å². The first-order valence-corrected chi connectivity index (χ1v) is 7.28. The average molecular weight is 302 g/mol. The van der Waals surface area contributed by atoms with Crippen molar-refractivity contribution < 1.29 is 17.9 Å². The number of nitrogen functional groups attached to an aromatic ring is 1. The summed E-state index contributed by atoms with van der Waals surface area (Å²) in [5.41, 5.74) is 11.6. The van der Waals surface area contributed by atoms with Gasteiger partial charge in [0.2, 0.25) is 15.9 Å². The number of anilines is 2. The third-order valence-electron chi connectivity index (χ3n) is 2.41. The van der Waals surface area contributed by atoms with E-state index < -0.39 is 15.9 Å². The zero-order valence-electron chi connectivity index (χ0n) is 11.0. The molecule has 1 rings (SSSR count). The molecule has 1 amide bonds. The monoisotopic (exact) mass is 302 g/mol. The number of carbonyl (C=O) groups is 1. The molecule has 0 atom stereocenters. The van der Waals surface area contributed by atoms with Crippen molar-refractivity contribution in [3.8, 4) is 0 Å². The number of nitrogens with two attached hydrogens (primary N) is 2. The topological polar surface area (TPSA) is 137 Å². The first-order chi connectivity index (χ1) is 9.36. The predicted molar refractivity (Wildman–Crippen MR) is 75.6 cm³/mol. The summed E-state index contributed by atoms with van der Waals surface area (Å²) in [5.74, 6) is -0.536. The second kappa shape index (κ2) is 7.08. The van der Waals surface area contributed by atoms with Gasteiger partial charge in [-0.15, -0.1) is 0 Å². The van der Waals surface area contributed by atoms with Crippen LogP contribution in [0.15, 0.2) is 23.1 Å². The number of rotatable bonds is 8. The molecule has 8 nitrogen and oxygen atoms in total. The van der Waals surface area contributed by atoms with E-state index in [2.05, 4.69) is 10.0 Å². The Morgan fingerprint density at radius 1 is 1.40 bits per heavy atom. The molecule has 0 radical (unpaired) electrons. The second-order valence-corrected chi connectivity index (χ2v) is 5.79. The summed E-state index contributed by atoms with van der Waals surface area (Å²) in [5, 5.41) is 2.97. The van der Waals surface area contributed by atoms with Gasteiger partial charge in [0.15, 0.2) is 0 Å². The fraction of sp³-hybridized carbons (Fsp3) is 0.364. The molecule has 0 saturated carbocycles. The number of carbonyl (C=O) groups excluding carboxylic acids is 1. The van der Waals surface area contributed by atoms with Gasteiger partial charge in [-0.25, -0.2) is 13.1 Å². The molecule has 0 saturated heterocycles. The Labute approximate surface area is 117 Å². The second-order valence-electron chi connectivity index (χ2n) is 3.90. The molecule has 1 aromatic rings. The van der Waals surface area contributed by atoms with Crippen molar-refractivity contribution in [2.75, 3.05) is 37.9 Å². The van der Waals surface area contributed by atoms with Crippen LogP contribution in [0.5, 0.6) is 0 Å². The maximum Gasteiger partial charge on any atom is 0.243 e. The van der Waals surface area contributed by atoms with Crippen LogP contribution in [0.3, 0.4) is 0 Å². The molecule has 0 aliphatic heterocycles. The van der Waals surface area contributed by atoms with Gasteiger partial charge in [0.05, 0.1) is 22.9 Å². The van der Waals surface area contributed by atoms with Gasteiger partial charge in [-0.3, -0.25) is 4.79 Å². The number of benzene rings is 1. The molecular formula is C11H18N4O4S. The number of hydrogen-bond acceptors (Lipinski definition) is 6.